The lowest BCUT2D eigenvalue weighted by atomic mass is 10.0. The predicted molar refractivity (Wildman–Crippen MR) is 62.7 cm³/mol. The van der Waals surface area contributed by atoms with E-state index < -0.39 is 0 Å². The van der Waals surface area contributed by atoms with Crippen LogP contribution in [0.2, 0.25) is 0 Å². The zero-order chi connectivity index (χ0) is 11.3. The molecular formula is C13H22O2. The van der Waals surface area contributed by atoms with E-state index >= 15 is 0 Å². The highest BCUT2D eigenvalue weighted by atomic mass is 16.7. The zero-order valence-electron chi connectivity index (χ0n) is 10.3. The van der Waals surface area contributed by atoms with Crippen molar-refractivity contribution in [1.29, 1.82) is 0 Å². The summed E-state index contributed by atoms with van der Waals surface area (Å²) >= 11 is 0. The highest BCUT2D eigenvalue weighted by molar-refractivity contribution is 5.10. The minimum atomic E-state index is -0.1000. The fourth-order valence-corrected chi connectivity index (χ4v) is 1.42. The number of rotatable bonds is 4. The van der Waals surface area contributed by atoms with Gasteiger partial charge in [-0.15, -0.1) is 0 Å². The van der Waals surface area contributed by atoms with Crippen LogP contribution in [0.5, 0.6) is 0 Å². The van der Waals surface area contributed by atoms with Gasteiger partial charge in [0.15, 0.2) is 6.29 Å². The molecule has 1 saturated heterocycles. The predicted octanol–water partition coefficient (Wildman–Crippen LogP) is 3.44. The third-order valence-electron chi connectivity index (χ3n) is 2.82. The third-order valence-corrected chi connectivity index (χ3v) is 2.82. The number of ether oxygens (including phenoxy) is 2. The summed E-state index contributed by atoms with van der Waals surface area (Å²) < 4.78 is 10.7. The Bertz CT molecular complexity index is 254. The molecule has 0 aromatic heterocycles. The number of allylic oxidation sites excluding steroid dienone is 3. The third kappa shape index (κ3) is 4.63. The normalized spacial score (nSPS) is 18.3. The molecule has 1 aliphatic heterocycles. The molecule has 1 aliphatic rings. The van der Waals surface area contributed by atoms with Gasteiger partial charge in [-0.2, -0.15) is 0 Å². The first-order valence-corrected chi connectivity index (χ1v) is 5.63. The van der Waals surface area contributed by atoms with Gasteiger partial charge in [0.25, 0.3) is 0 Å². The maximum absolute atomic E-state index is 5.37. The van der Waals surface area contributed by atoms with Crippen LogP contribution in [-0.4, -0.2) is 19.5 Å². The van der Waals surface area contributed by atoms with Gasteiger partial charge in [0.05, 0.1) is 13.2 Å². The Morgan fingerprint density at radius 3 is 2.20 bits per heavy atom. The molecular weight excluding hydrogens is 188 g/mol. The van der Waals surface area contributed by atoms with Gasteiger partial charge in [-0.1, -0.05) is 16.7 Å². The SMILES string of the molecule is CC(C)=C(C)CC/C(C)=C\C1OCCO1. The summed E-state index contributed by atoms with van der Waals surface area (Å²) in [5.74, 6) is 0. The maximum Gasteiger partial charge on any atom is 0.177 e. The van der Waals surface area contributed by atoms with Gasteiger partial charge in [-0.25, -0.2) is 0 Å². The highest BCUT2D eigenvalue weighted by Gasteiger charge is 2.12. The second kappa shape index (κ2) is 6.09. The fourth-order valence-electron chi connectivity index (χ4n) is 1.42. The van der Waals surface area contributed by atoms with Crippen LogP contribution in [-0.2, 0) is 9.47 Å². The van der Waals surface area contributed by atoms with Gasteiger partial charge in [0.1, 0.15) is 0 Å². The summed E-state index contributed by atoms with van der Waals surface area (Å²) in [7, 11) is 0. The van der Waals surface area contributed by atoms with Crippen molar-refractivity contribution in [2.45, 2.75) is 46.8 Å². The van der Waals surface area contributed by atoms with Crippen LogP contribution in [0, 0.1) is 0 Å². The van der Waals surface area contributed by atoms with E-state index in [4.69, 9.17) is 9.47 Å². The van der Waals surface area contributed by atoms with Gasteiger partial charge in [-0.3, -0.25) is 0 Å². The van der Waals surface area contributed by atoms with Crippen molar-refractivity contribution in [2.24, 2.45) is 0 Å². The van der Waals surface area contributed by atoms with Crippen LogP contribution in [0.15, 0.2) is 22.8 Å². The Labute approximate surface area is 93.0 Å². The summed E-state index contributed by atoms with van der Waals surface area (Å²) in [6.45, 7) is 10.1. The van der Waals surface area contributed by atoms with Gasteiger partial charge >= 0.3 is 0 Å². The minimum absolute atomic E-state index is 0.1000. The summed E-state index contributed by atoms with van der Waals surface area (Å²) in [4.78, 5) is 0. The van der Waals surface area contributed by atoms with E-state index in [2.05, 4.69) is 33.8 Å². The molecule has 0 spiro atoms. The quantitative estimate of drug-likeness (QED) is 0.662. The molecule has 0 amide bonds. The van der Waals surface area contributed by atoms with E-state index in [-0.39, 0.29) is 6.29 Å². The van der Waals surface area contributed by atoms with E-state index in [0.717, 1.165) is 26.1 Å². The molecule has 0 aromatic carbocycles. The molecule has 1 heterocycles. The smallest absolute Gasteiger partial charge is 0.177 e. The van der Waals surface area contributed by atoms with Gasteiger partial charge < -0.3 is 9.47 Å². The van der Waals surface area contributed by atoms with Crippen molar-refractivity contribution < 1.29 is 9.47 Å². The van der Waals surface area contributed by atoms with Crippen molar-refractivity contribution in [1.82, 2.24) is 0 Å². The van der Waals surface area contributed by atoms with Crippen molar-refractivity contribution in [3.05, 3.63) is 22.8 Å². The highest BCUT2D eigenvalue weighted by Crippen LogP contribution is 2.16. The lowest BCUT2D eigenvalue weighted by Gasteiger charge is -2.07. The fraction of sp³-hybridized carbons (Fsp3) is 0.692. The summed E-state index contributed by atoms with van der Waals surface area (Å²) in [6, 6.07) is 0. The van der Waals surface area contributed by atoms with Crippen molar-refractivity contribution >= 4 is 0 Å². The molecule has 15 heavy (non-hydrogen) atoms. The molecule has 0 atom stereocenters. The molecule has 86 valence electrons. The first-order valence-electron chi connectivity index (χ1n) is 5.63. The average Bonchev–Trinajstić information content (AvgIpc) is 2.66. The number of hydrogen-bond acceptors (Lipinski definition) is 2. The molecule has 0 aromatic rings. The van der Waals surface area contributed by atoms with Gasteiger partial charge in [0.2, 0.25) is 0 Å². The molecule has 0 saturated carbocycles. The molecule has 1 rings (SSSR count). The Hall–Kier alpha value is -0.600. The van der Waals surface area contributed by atoms with Crippen LogP contribution in [0.1, 0.15) is 40.5 Å². The molecule has 2 heteroatoms. The minimum Gasteiger partial charge on any atom is -0.347 e. The molecule has 0 bridgehead atoms. The Morgan fingerprint density at radius 2 is 1.67 bits per heavy atom. The van der Waals surface area contributed by atoms with Crippen LogP contribution >= 0.6 is 0 Å². The second-order valence-electron chi connectivity index (χ2n) is 4.40. The summed E-state index contributed by atoms with van der Waals surface area (Å²) in [6.07, 6.45) is 4.22. The molecule has 0 N–H and O–H groups in total. The lowest BCUT2D eigenvalue weighted by Crippen LogP contribution is -2.03. The second-order valence-corrected chi connectivity index (χ2v) is 4.40. The topological polar surface area (TPSA) is 18.5 Å². The largest absolute Gasteiger partial charge is 0.347 e. The van der Waals surface area contributed by atoms with E-state index in [9.17, 15) is 0 Å². The standard InChI is InChI=1S/C13H22O2/c1-10(2)12(4)6-5-11(3)9-13-14-7-8-15-13/h9,13H,5-8H2,1-4H3/b11-9-. The number of hydrogen-bond donors (Lipinski definition) is 0. The van der Waals surface area contributed by atoms with Crippen LogP contribution in [0.3, 0.4) is 0 Å². The van der Waals surface area contributed by atoms with Crippen LogP contribution in [0.4, 0.5) is 0 Å². The Kier molecular flexibility index (Phi) is 5.06. The van der Waals surface area contributed by atoms with E-state index in [1.165, 1.54) is 16.7 Å². The molecule has 0 unspecified atom stereocenters. The van der Waals surface area contributed by atoms with E-state index in [0.29, 0.717) is 0 Å². The monoisotopic (exact) mass is 210 g/mol. The first-order chi connectivity index (χ1) is 7.09. The van der Waals surface area contributed by atoms with Gasteiger partial charge in [-0.05, 0) is 46.6 Å². The molecule has 2 nitrogen and oxygen atoms in total. The Balaban J connectivity index is 2.34. The molecule has 0 radical (unpaired) electrons. The Morgan fingerprint density at radius 1 is 1.07 bits per heavy atom. The van der Waals surface area contributed by atoms with Gasteiger partial charge in [0, 0.05) is 0 Å². The van der Waals surface area contributed by atoms with Crippen molar-refractivity contribution in [2.75, 3.05) is 13.2 Å². The summed E-state index contributed by atoms with van der Waals surface area (Å²) in [5.41, 5.74) is 4.26. The maximum atomic E-state index is 5.37. The van der Waals surface area contributed by atoms with E-state index in [1.807, 2.05) is 0 Å². The zero-order valence-corrected chi connectivity index (χ0v) is 10.3. The van der Waals surface area contributed by atoms with Crippen LogP contribution < -0.4 is 0 Å². The van der Waals surface area contributed by atoms with Crippen molar-refractivity contribution in [3.8, 4) is 0 Å². The molecule has 1 fully saturated rings. The van der Waals surface area contributed by atoms with E-state index in [1.54, 1.807) is 0 Å². The summed E-state index contributed by atoms with van der Waals surface area (Å²) in [5, 5.41) is 0. The van der Waals surface area contributed by atoms with Crippen LogP contribution in [0.25, 0.3) is 0 Å². The first kappa shape index (κ1) is 12.5. The lowest BCUT2D eigenvalue weighted by molar-refractivity contribution is -0.00224. The average molecular weight is 210 g/mol. The molecule has 0 aliphatic carbocycles. The van der Waals surface area contributed by atoms with Crippen molar-refractivity contribution in [3.63, 3.8) is 0 Å².